The highest BCUT2D eigenvalue weighted by Crippen LogP contribution is 2.39. The molecule has 2 amide bonds. The van der Waals surface area contributed by atoms with Gasteiger partial charge in [-0.1, -0.05) is 29.8 Å². The van der Waals surface area contributed by atoms with E-state index in [0.29, 0.717) is 27.8 Å². The van der Waals surface area contributed by atoms with E-state index < -0.39 is 6.03 Å². The van der Waals surface area contributed by atoms with Gasteiger partial charge < -0.3 is 14.8 Å². The molecule has 0 atom stereocenters. The van der Waals surface area contributed by atoms with E-state index in [2.05, 4.69) is 15.8 Å². The van der Waals surface area contributed by atoms with Gasteiger partial charge in [-0.05, 0) is 29.8 Å². The molecule has 1 heterocycles. The lowest BCUT2D eigenvalue weighted by atomic mass is 10.2. The van der Waals surface area contributed by atoms with Crippen molar-refractivity contribution in [2.45, 2.75) is 0 Å². The monoisotopic (exact) mass is 317 g/mol. The van der Waals surface area contributed by atoms with Gasteiger partial charge in [0.25, 0.3) is 0 Å². The number of para-hydroxylation sites is 1. The second kappa shape index (κ2) is 6.36. The Morgan fingerprint density at radius 3 is 2.86 bits per heavy atom. The molecular weight excluding hydrogens is 306 g/mol. The van der Waals surface area contributed by atoms with E-state index in [1.807, 2.05) is 18.2 Å². The Labute approximate surface area is 131 Å². The summed E-state index contributed by atoms with van der Waals surface area (Å²) in [5.41, 5.74) is 3.74. The highest BCUT2D eigenvalue weighted by molar-refractivity contribution is 6.32. The fourth-order valence-corrected chi connectivity index (χ4v) is 2.18. The Balaban J connectivity index is 1.60. The number of hydrogen-bond donors (Lipinski definition) is 2. The van der Waals surface area contributed by atoms with Crippen LogP contribution in [0.25, 0.3) is 0 Å². The molecule has 2 aromatic carbocycles. The first kappa shape index (κ1) is 14.2. The van der Waals surface area contributed by atoms with Crippen molar-refractivity contribution in [2.24, 2.45) is 5.10 Å². The second-order valence-electron chi connectivity index (χ2n) is 4.43. The molecule has 2 aromatic rings. The summed E-state index contributed by atoms with van der Waals surface area (Å²) in [6.45, 7) is 0.146. The first-order valence-corrected chi connectivity index (χ1v) is 6.84. The molecule has 3 rings (SSSR count). The smallest absolute Gasteiger partial charge is 0.339 e. The van der Waals surface area contributed by atoms with Crippen molar-refractivity contribution in [2.75, 3.05) is 12.1 Å². The number of fused-ring (bicyclic) bond motifs is 1. The number of carbonyl (C=O) groups is 1. The van der Waals surface area contributed by atoms with Gasteiger partial charge in [-0.2, -0.15) is 5.10 Å². The average Bonchev–Trinajstić information content (AvgIpc) is 2.97. The number of ether oxygens (including phenoxy) is 2. The lowest BCUT2D eigenvalue weighted by molar-refractivity contribution is 0.174. The van der Waals surface area contributed by atoms with Gasteiger partial charge in [0.15, 0.2) is 11.5 Å². The number of halogens is 1. The minimum Gasteiger partial charge on any atom is -0.454 e. The van der Waals surface area contributed by atoms with Crippen molar-refractivity contribution in [3.8, 4) is 11.5 Å². The van der Waals surface area contributed by atoms with E-state index in [-0.39, 0.29) is 6.79 Å². The largest absolute Gasteiger partial charge is 0.454 e. The summed E-state index contributed by atoms with van der Waals surface area (Å²) in [6.07, 6.45) is 1.47. The van der Waals surface area contributed by atoms with E-state index in [9.17, 15) is 4.79 Å². The molecule has 0 fully saturated rings. The SMILES string of the molecule is O=C(N/N=C\c1cc(Cl)c2c(c1)OCO2)Nc1ccccc1. The predicted molar refractivity (Wildman–Crippen MR) is 83.8 cm³/mol. The molecule has 0 radical (unpaired) electrons. The number of hydrogen-bond acceptors (Lipinski definition) is 4. The van der Waals surface area contributed by atoms with Crippen molar-refractivity contribution in [1.82, 2.24) is 5.43 Å². The second-order valence-corrected chi connectivity index (χ2v) is 4.83. The standard InChI is InChI=1S/C15H12ClN3O3/c16-12-6-10(7-13-14(12)22-9-21-13)8-17-19-15(20)18-11-4-2-1-3-5-11/h1-8H,9H2,(H2,18,19,20)/b17-8-. The molecule has 1 aliphatic rings. The maximum absolute atomic E-state index is 11.7. The van der Waals surface area contributed by atoms with Crippen LogP contribution in [0.1, 0.15) is 5.56 Å². The van der Waals surface area contributed by atoms with Gasteiger partial charge in [0.1, 0.15) is 0 Å². The zero-order valence-electron chi connectivity index (χ0n) is 11.4. The number of urea groups is 1. The van der Waals surface area contributed by atoms with Crippen LogP contribution in [-0.2, 0) is 0 Å². The first-order chi connectivity index (χ1) is 10.7. The maximum atomic E-state index is 11.7. The van der Waals surface area contributed by atoms with Crippen LogP contribution in [-0.4, -0.2) is 19.0 Å². The van der Waals surface area contributed by atoms with Gasteiger partial charge in [-0.3, -0.25) is 0 Å². The Morgan fingerprint density at radius 1 is 1.23 bits per heavy atom. The highest BCUT2D eigenvalue weighted by atomic mass is 35.5. The molecule has 0 aliphatic carbocycles. The minimum atomic E-state index is -0.436. The van der Waals surface area contributed by atoms with Crippen LogP contribution in [0.4, 0.5) is 10.5 Å². The molecule has 112 valence electrons. The van der Waals surface area contributed by atoms with Crippen molar-refractivity contribution in [3.63, 3.8) is 0 Å². The van der Waals surface area contributed by atoms with Crippen LogP contribution in [0.15, 0.2) is 47.6 Å². The third-order valence-corrected chi connectivity index (χ3v) is 3.14. The number of benzene rings is 2. The normalized spacial score (nSPS) is 12.4. The predicted octanol–water partition coefficient (Wildman–Crippen LogP) is 3.22. The molecule has 0 spiro atoms. The topological polar surface area (TPSA) is 72.0 Å². The summed E-state index contributed by atoms with van der Waals surface area (Å²) in [6, 6.07) is 12.0. The number of nitrogens with zero attached hydrogens (tertiary/aromatic N) is 1. The molecular formula is C15H12ClN3O3. The molecule has 0 unspecified atom stereocenters. The van der Waals surface area contributed by atoms with Crippen molar-refractivity contribution in [3.05, 3.63) is 53.1 Å². The van der Waals surface area contributed by atoms with E-state index in [4.69, 9.17) is 21.1 Å². The molecule has 0 saturated carbocycles. The van der Waals surface area contributed by atoms with Crippen LogP contribution >= 0.6 is 11.6 Å². The molecule has 0 saturated heterocycles. The fraction of sp³-hybridized carbons (Fsp3) is 0.0667. The lowest BCUT2D eigenvalue weighted by Crippen LogP contribution is -2.24. The van der Waals surface area contributed by atoms with Crippen molar-refractivity contribution >= 4 is 29.5 Å². The average molecular weight is 318 g/mol. The van der Waals surface area contributed by atoms with Crippen LogP contribution in [0.3, 0.4) is 0 Å². The Bertz CT molecular complexity index is 719. The van der Waals surface area contributed by atoms with Gasteiger partial charge in [0.05, 0.1) is 11.2 Å². The van der Waals surface area contributed by atoms with Crippen LogP contribution in [0.2, 0.25) is 5.02 Å². The quantitative estimate of drug-likeness (QED) is 0.674. The molecule has 1 aliphatic heterocycles. The van der Waals surface area contributed by atoms with E-state index in [1.54, 1.807) is 24.3 Å². The number of anilines is 1. The summed E-state index contributed by atoms with van der Waals surface area (Å²) in [4.78, 5) is 11.7. The molecule has 0 aromatic heterocycles. The Kier molecular flexibility index (Phi) is 4.11. The molecule has 7 heteroatoms. The highest BCUT2D eigenvalue weighted by Gasteiger charge is 2.17. The zero-order valence-corrected chi connectivity index (χ0v) is 12.1. The zero-order chi connectivity index (χ0) is 15.4. The number of carbonyl (C=O) groups excluding carboxylic acids is 1. The van der Waals surface area contributed by atoms with E-state index in [1.165, 1.54) is 6.21 Å². The third-order valence-electron chi connectivity index (χ3n) is 2.86. The summed E-state index contributed by atoms with van der Waals surface area (Å²) < 4.78 is 10.5. The first-order valence-electron chi connectivity index (χ1n) is 6.46. The van der Waals surface area contributed by atoms with Gasteiger partial charge in [0.2, 0.25) is 6.79 Å². The maximum Gasteiger partial charge on any atom is 0.339 e. The van der Waals surface area contributed by atoms with Gasteiger partial charge >= 0.3 is 6.03 Å². The summed E-state index contributed by atoms with van der Waals surface area (Å²) >= 11 is 6.06. The van der Waals surface area contributed by atoms with Gasteiger partial charge in [0, 0.05) is 5.69 Å². The van der Waals surface area contributed by atoms with E-state index in [0.717, 1.165) is 0 Å². The minimum absolute atomic E-state index is 0.146. The van der Waals surface area contributed by atoms with Crippen molar-refractivity contribution < 1.29 is 14.3 Å². The van der Waals surface area contributed by atoms with Crippen LogP contribution < -0.4 is 20.2 Å². The Morgan fingerprint density at radius 2 is 2.05 bits per heavy atom. The third kappa shape index (κ3) is 3.29. The number of rotatable bonds is 3. The summed E-state index contributed by atoms with van der Waals surface area (Å²) in [5.74, 6) is 1.08. The van der Waals surface area contributed by atoms with E-state index >= 15 is 0 Å². The van der Waals surface area contributed by atoms with Gasteiger partial charge in [-0.25, -0.2) is 10.2 Å². The molecule has 22 heavy (non-hydrogen) atoms. The number of amides is 2. The number of hydrazone groups is 1. The Hall–Kier alpha value is -2.73. The van der Waals surface area contributed by atoms with Crippen molar-refractivity contribution in [1.29, 1.82) is 0 Å². The molecule has 2 N–H and O–H groups in total. The molecule has 6 nitrogen and oxygen atoms in total. The van der Waals surface area contributed by atoms with Gasteiger partial charge in [-0.15, -0.1) is 0 Å². The fourth-order valence-electron chi connectivity index (χ4n) is 1.91. The van der Waals surface area contributed by atoms with Crippen LogP contribution in [0.5, 0.6) is 11.5 Å². The summed E-state index contributed by atoms with van der Waals surface area (Å²) in [7, 11) is 0. The van der Waals surface area contributed by atoms with Crippen LogP contribution in [0, 0.1) is 0 Å². The molecule has 0 bridgehead atoms. The summed E-state index contributed by atoms with van der Waals surface area (Å²) in [5, 5.41) is 6.94. The lowest BCUT2D eigenvalue weighted by Gasteiger charge is -2.03. The number of nitrogens with one attached hydrogen (secondary N) is 2.